The minimum atomic E-state index is 0. The average Bonchev–Trinajstić information content (AvgIpc) is 2.74. The number of pyridine rings is 1. The first-order valence-corrected chi connectivity index (χ1v) is 5.69. The molecule has 0 saturated heterocycles. The van der Waals surface area contributed by atoms with Crippen molar-refractivity contribution >= 4 is 30.7 Å². The zero-order valence-corrected chi connectivity index (χ0v) is 11.7. The molecular weight excluding hydrogens is 273 g/mol. The van der Waals surface area contributed by atoms with Crippen molar-refractivity contribution in [2.24, 2.45) is 11.7 Å². The molecule has 0 spiro atoms. The van der Waals surface area contributed by atoms with Crippen LogP contribution in [-0.2, 0) is 11.3 Å². The van der Waals surface area contributed by atoms with Crippen LogP contribution >= 0.6 is 24.8 Å². The number of rotatable bonds is 3. The summed E-state index contributed by atoms with van der Waals surface area (Å²) >= 11 is 0. The summed E-state index contributed by atoms with van der Waals surface area (Å²) in [6, 6.07) is 3.83. The highest BCUT2D eigenvalue weighted by molar-refractivity contribution is 5.85. The molecule has 18 heavy (non-hydrogen) atoms. The quantitative estimate of drug-likeness (QED) is 0.890. The molecule has 1 fully saturated rings. The van der Waals surface area contributed by atoms with Crippen LogP contribution < -0.4 is 11.1 Å². The number of halogens is 2. The molecular formula is C12H19Cl2N3O. The molecule has 1 saturated carbocycles. The van der Waals surface area contributed by atoms with Crippen LogP contribution in [0.2, 0.25) is 0 Å². The van der Waals surface area contributed by atoms with E-state index in [4.69, 9.17) is 5.73 Å². The van der Waals surface area contributed by atoms with Gasteiger partial charge in [-0.05, 0) is 30.5 Å². The van der Waals surface area contributed by atoms with Gasteiger partial charge in [-0.2, -0.15) is 0 Å². The Morgan fingerprint density at radius 2 is 2.00 bits per heavy atom. The Morgan fingerprint density at radius 3 is 2.56 bits per heavy atom. The van der Waals surface area contributed by atoms with Crippen molar-refractivity contribution < 1.29 is 4.79 Å². The molecule has 1 heterocycles. The third kappa shape index (κ3) is 4.44. The van der Waals surface area contributed by atoms with Crippen LogP contribution in [0.5, 0.6) is 0 Å². The van der Waals surface area contributed by atoms with E-state index in [2.05, 4.69) is 10.3 Å². The second-order valence-electron chi connectivity index (χ2n) is 4.27. The number of nitrogens with two attached hydrogens (primary N) is 1. The molecule has 3 N–H and O–H groups in total. The van der Waals surface area contributed by atoms with Crippen LogP contribution in [0, 0.1) is 5.92 Å². The van der Waals surface area contributed by atoms with Crippen LogP contribution in [0.15, 0.2) is 24.5 Å². The zero-order chi connectivity index (χ0) is 11.4. The molecule has 2 unspecified atom stereocenters. The SMILES string of the molecule is Cl.Cl.NC1CCCC1C(=O)NCc1ccncc1. The largest absolute Gasteiger partial charge is 0.352 e. The third-order valence-corrected chi connectivity index (χ3v) is 3.12. The number of nitrogens with zero attached hydrogens (tertiary/aromatic N) is 1. The predicted molar refractivity (Wildman–Crippen MR) is 75.9 cm³/mol. The van der Waals surface area contributed by atoms with E-state index >= 15 is 0 Å². The summed E-state index contributed by atoms with van der Waals surface area (Å²) in [4.78, 5) is 15.8. The Balaban J connectivity index is 0.00000144. The number of carbonyl (C=O) groups excluding carboxylic acids is 1. The van der Waals surface area contributed by atoms with Gasteiger partial charge in [0.1, 0.15) is 0 Å². The maximum absolute atomic E-state index is 11.8. The van der Waals surface area contributed by atoms with Crippen LogP contribution in [0.4, 0.5) is 0 Å². The minimum Gasteiger partial charge on any atom is -0.352 e. The Labute approximate surface area is 120 Å². The van der Waals surface area contributed by atoms with Gasteiger partial charge in [0.25, 0.3) is 0 Å². The van der Waals surface area contributed by atoms with E-state index < -0.39 is 0 Å². The molecule has 1 aromatic rings. The monoisotopic (exact) mass is 291 g/mol. The molecule has 1 amide bonds. The number of amides is 1. The summed E-state index contributed by atoms with van der Waals surface area (Å²) in [6.45, 7) is 0.560. The van der Waals surface area contributed by atoms with Gasteiger partial charge in [0.05, 0.1) is 5.92 Å². The van der Waals surface area contributed by atoms with Crippen molar-refractivity contribution in [3.05, 3.63) is 30.1 Å². The summed E-state index contributed by atoms with van der Waals surface area (Å²) in [7, 11) is 0. The molecule has 1 aliphatic rings. The molecule has 2 rings (SSSR count). The highest BCUT2D eigenvalue weighted by atomic mass is 35.5. The van der Waals surface area contributed by atoms with Gasteiger partial charge >= 0.3 is 0 Å². The van der Waals surface area contributed by atoms with E-state index in [9.17, 15) is 4.79 Å². The van der Waals surface area contributed by atoms with Crippen LogP contribution in [0.25, 0.3) is 0 Å². The topological polar surface area (TPSA) is 68.0 Å². The molecule has 6 heteroatoms. The first-order valence-electron chi connectivity index (χ1n) is 5.69. The van der Waals surface area contributed by atoms with Crippen molar-refractivity contribution in [2.45, 2.75) is 31.8 Å². The fraction of sp³-hybridized carbons (Fsp3) is 0.500. The molecule has 1 aromatic heterocycles. The Kier molecular flexibility index (Phi) is 7.91. The van der Waals surface area contributed by atoms with Crippen molar-refractivity contribution in [3.8, 4) is 0 Å². The number of carbonyl (C=O) groups is 1. The number of hydrogen-bond donors (Lipinski definition) is 2. The van der Waals surface area contributed by atoms with Gasteiger partial charge in [-0.25, -0.2) is 0 Å². The lowest BCUT2D eigenvalue weighted by atomic mass is 10.0. The van der Waals surface area contributed by atoms with E-state index in [0.29, 0.717) is 6.54 Å². The lowest BCUT2D eigenvalue weighted by Gasteiger charge is -2.14. The van der Waals surface area contributed by atoms with E-state index in [1.807, 2.05) is 12.1 Å². The molecule has 4 nitrogen and oxygen atoms in total. The lowest BCUT2D eigenvalue weighted by molar-refractivity contribution is -0.125. The maximum Gasteiger partial charge on any atom is 0.224 e. The van der Waals surface area contributed by atoms with Crippen molar-refractivity contribution in [1.29, 1.82) is 0 Å². The number of aromatic nitrogens is 1. The van der Waals surface area contributed by atoms with Crippen molar-refractivity contribution in [1.82, 2.24) is 10.3 Å². The van der Waals surface area contributed by atoms with Gasteiger partial charge in [-0.1, -0.05) is 6.42 Å². The van der Waals surface area contributed by atoms with Gasteiger partial charge in [0.2, 0.25) is 5.91 Å². The standard InChI is InChI=1S/C12H17N3O.2ClH/c13-11-3-1-2-10(11)12(16)15-8-9-4-6-14-7-5-9;;/h4-7,10-11H,1-3,8,13H2,(H,15,16);2*1H. The second-order valence-corrected chi connectivity index (χ2v) is 4.27. The maximum atomic E-state index is 11.8. The van der Waals surface area contributed by atoms with Gasteiger partial charge < -0.3 is 11.1 Å². The number of hydrogen-bond acceptors (Lipinski definition) is 3. The van der Waals surface area contributed by atoms with Crippen LogP contribution in [0.3, 0.4) is 0 Å². The first-order chi connectivity index (χ1) is 7.77. The van der Waals surface area contributed by atoms with Crippen LogP contribution in [0.1, 0.15) is 24.8 Å². The Hall–Kier alpha value is -0.840. The predicted octanol–water partition coefficient (Wildman–Crippen LogP) is 1.67. The summed E-state index contributed by atoms with van der Waals surface area (Å²) in [5.74, 6) is 0.0867. The third-order valence-electron chi connectivity index (χ3n) is 3.12. The fourth-order valence-corrected chi connectivity index (χ4v) is 2.14. The van der Waals surface area contributed by atoms with Crippen molar-refractivity contribution in [2.75, 3.05) is 0 Å². The van der Waals surface area contributed by atoms with Gasteiger partial charge in [0.15, 0.2) is 0 Å². The molecule has 0 aliphatic heterocycles. The Morgan fingerprint density at radius 1 is 1.33 bits per heavy atom. The molecule has 102 valence electrons. The van der Waals surface area contributed by atoms with E-state index in [0.717, 1.165) is 24.8 Å². The summed E-state index contributed by atoms with van der Waals surface area (Å²) in [5.41, 5.74) is 6.94. The van der Waals surface area contributed by atoms with Crippen LogP contribution in [-0.4, -0.2) is 16.9 Å². The summed E-state index contributed by atoms with van der Waals surface area (Å²) < 4.78 is 0. The normalized spacial score (nSPS) is 21.6. The first kappa shape index (κ1) is 17.2. The molecule has 0 radical (unpaired) electrons. The minimum absolute atomic E-state index is 0. The molecule has 0 bridgehead atoms. The Bertz CT molecular complexity index is 362. The summed E-state index contributed by atoms with van der Waals surface area (Å²) in [6.07, 6.45) is 6.40. The second kappa shape index (κ2) is 8.29. The smallest absolute Gasteiger partial charge is 0.224 e. The highest BCUT2D eigenvalue weighted by Gasteiger charge is 2.29. The fourth-order valence-electron chi connectivity index (χ4n) is 2.14. The molecule has 1 aliphatic carbocycles. The lowest BCUT2D eigenvalue weighted by Crippen LogP contribution is -2.38. The summed E-state index contributed by atoms with van der Waals surface area (Å²) in [5, 5.41) is 2.92. The van der Waals surface area contributed by atoms with E-state index in [1.165, 1.54) is 0 Å². The average molecular weight is 292 g/mol. The van der Waals surface area contributed by atoms with Gasteiger partial charge in [0, 0.05) is 25.0 Å². The molecule has 0 aromatic carbocycles. The van der Waals surface area contributed by atoms with Crippen molar-refractivity contribution in [3.63, 3.8) is 0 Å². The van der Waals surface area contributed by atoms with Gasteiger partial charge in [-0.15, -0.1) is 24.8 Å². The van der Waals surface area contributed by atoms with E-state index in [1.54, 1.807) is 12.4 Å². The van der Waals surface area contributed by atoms with E-state index in [-0.39, 0.29) is 42.7 Å². The number of nitrogens with one attached hydrogen (secondary N) is 1. The molecule has 2 atom stereocenters. The zero-order valence-electron chi connectivity index (χ0n) is 10.0. The highest BCUT2D eigenvalue weighted by Crippen LogP contribution is 2.23. The van der Waals surface area contributed by atoms with Gasteiger partial charge in [-0.3, -0.25) is 9.78 Å².